The standard InChI is InChI=1S/C31H32N6O5/c38-19-7-6-17-36-27-30(41)34(20-37-23-13-5-4-12-22(23)32-33-37)16-9-15-31(27)26(29(36)40)25-24(42-31)14-8-18-35(28(25)39)21-10-2-1-3-11-21/h1-5,8-15,24-27,38H,6-7,16-20H2/t24-,25+,26-,27?,31-/m0/s1. The number of ether oxygens (including phenoxy) is 1. The lowest BCUT2D eigenvalue weighted by Gasteiger charge is -2.35. The minimum absolute atomic E-state index is 0.0167. The van der Waals surface area contributed by atoms with Crippen LogP contribution in [0.1, 0.15) is 12.8 Å². The number of aromatic nitrogens is 3. The Morgan fingerprint density at radius 3 is 2.57 bits per heavy atom. The number of amides is 3. The molecule has 7 rings (SSSR count). The lowest BCUT2D eigenvalue weighted by atomic mass is 9.77. The zero-order chi connectivity index (χ0) is 28.8. The van der Waals surface area contributed by atoms with Gasteiger partial charge >= 0.3 is 0 Å². The highest BCUT2D eigenvalue weighted by Gasteiger charge is 2.71. The fourth-order valence-electron chi connectivity index (χ4n) is 6.97. The van der Waals surface area contributed by atoms with Gasteiger partial charge in [0.1, 0.15) is 23.8 Å². The van der Waals surface area contributed by atoms with E-state index < -0.39 is 29.6 Å². The number of likely N-dealkylation sites (tertiary alicyclic amines) is 1. The summed E-state index contributed by atoms with van der Waals surface area (Å²) in [6, 6.07) is 16.0. The van der Waals surface area contributed by atoms with E-state index in [0.29, 0.717) is 19.4 Å². The Labute approximate surface area is 242 Å². The highest BCUT2D eigenvalue weighted by atomic mass is 16.5. The van der Waals surface area contributed by atoms with Crippen molar-refractivity contribution in [2.45, 2.75) is 37.3 Å². The summed E-state index contributed by atoms with van der Waals surface area (Å²) < 4.78 is 8.38. The van der Waals surface area contributed by atoms with Crippen molar-refractivity contribution >= 4 is 34.4 Å². The van der Waals surface area contributed by atoms with Gasteiger partial charge in [0.05, 0.1) is 23.5 Å². The summed E-state index contributed by atoms with van der Waals surface area (Å²) in [6.07, 6.45) is 7.82. The molecule has 1 unspecified atom stereocenters. The van der Waals surface area contributed by atoms with Gasteiger partial charge in [0, 0.05) is 31.9 Å². The van der Waals surface area contributed by atoms with Crippen LogP contribution in [0.2, 0.25) is 0 Å². The second kappa shape index (κ2) is 10.5. The molecule has 4 aliphatic rings. The number of rotatable bonds is 7. The molecule has 2 fully saturated rings. The lowest BCUT2D eigenvalue weighted by Crippen LogP contribution is -2.55. The van der Waals surface area contributed by atoms with Gasteiger partial charge in [0.2, 0.25) is 11.8 Å². The van der Waals surface area contributed by atoms with Crippen molar-refractivity contribution in [3.63, 3.8) is 0 Å². The van der Waals surface area contributed by atoms with E-state index in [1.165, 1.54) is 0 Å². The van der Waals surface area contributed by atoms with Gasteiger partial charge in [-0.25, -0.2) is 4.68 Å². The van der Waals surface area contributed by atoms with Gasteiger partial charge in [-0.2, -0.15) is 0 Å². The number of hydrogen-bond acceptors (Lipinski definition) is 7. The minimum Gasteiger partial charge on any atom is -0.396 e. The van der Waals surface area contributed by atoms with Crippen molar-refractivity contribution in [1.82, 2.24) is 24.8 Å². The predicted octanol–water partition coefficient (Wildman–Crippen LogP) is 1.74. The van der Waals surface area contributed by atoms with Gasteiger partial charge in [0.25, 0.3) is 5.91 Å². The average Bonchev–Trinajstić information content (AvgIpc) is 3.56. The molecule has 2 aromatic carbocycles. The Morgan fingerprint density at radius 2 is 1.74 bits per heavy atom. The van der Waals surface area contributed by atoms with E-state index in [1.54, 1.807) is 19.4 Å². The van der Waals surface area contributed by atoms with Crippen LogP contribution in [-0.2, 0) is 25.8 Å². The highest BCUT2D eigenvalue weighted by Crippen LogP contribution is 2.53. The minimum atomic E-state index is -1.30. The van der Waals surface area contributed by atoms with Crippen LogP contribution >= 0.6 is 0 Å². The normalized spacial score (nSPS) is 28.7. The number of aliphatic hydroxyl groups is 1. The Bertz CT molecular complexity index is 1590. The van der Waals surface area contributed by atoms with E-state index in [1.807, 2.05) is 78.9 Å². The first-order chi connectivity index (χ1) is 20.5. The summed E-state index contributed by atoms with van der Waals surface area (Å²) in [5, 5.41) is 17.9. The van der Waals surface area contributed by atoms with Gasteiger partial charge in [-0.1, -0.05) is 59.8 Å². The Balaban J connectivity index is 1.26. The molecule has 5 atom stereocenters. The van der Waals surface area contributed by atoms with E-state index in [4.69, 9.17) is 4.74 Å². The molecule has 11 heteroatoms. The average molecular weight is 569 g/mol. The Kier molecular flexibility index (Phi) is 6.63. The first-order valence-electron chi connectivity index (χ1n) is 14.4. The molecule has 3 amide bonds. The zero-order valence-electron chi connectivity index (χ0n) is 23.0. The van der Waals surface area contributed by atoms with Crippen LogP contribution in [-0.4, -0.2) is 91.6 Å². The molecule has 3 aromatic rings. The van der Waals surface area contributed by atoms with Gasteiger partial charge in [-0.15, -0.1) is 5.10 Å². The second-order valence-electron chi connectivity index (χ2n) is 11.2. The number of carbonyl (C=O) groups excluding carboxylic acids is 3. The SMILES string of the molecule is O=C1C2N(CCCCO)C(=O)[C@@H]3[C@@H]4C(=O)N(c5ccccc5)CC=C[C@@H]4O[C@]23C=CCN1Cn1nnc2ccccc21. The van der Waals surface area contributed by atoms with Crippen LogP contribution in [0.5, 0.6) is 0 Å². The summed E-state index contributed by atoms with van der Waals surface area (Å²) in [7, 11) is 0. The monoisotopic (exact) mass is 568 g/mol. The van der Waals surface area contributed by atoms with Gasteiger partial charge in [-0.3, -0.25) is 14.4 Å². The molecule has 1 spiro atoms. The van der Waals surface area contributed by atoms with E-state index in [9.17, 15) is 19.5 Å². The summed E-state index contributed by atoms with van der Waals surface area (Å²) in [4.78, 5) is 47.9. The molecule has 0 saturated carbocycles. The number of aliphatic hydroxyl groups excluding tert-OH is 1. The molecule has 216 valence electrons. The lowest BCUT2D eigenvalue weighted by molar-refractivity contribution is -0.148. The molecule has 0 aliphatic carbocycles. The molecule has 2 saturated heterocycles. The van der Waals surface area contributed by atoms with Crippen LogP contribution < -0.4 is 4.90 Å². The molecule has 0 bridgehead atoms. The molecule has 4 aliphatic heterocycles. The fraction of sp³-hybridized carbons (Fsp3) is 0.387. The predicted molar refractivity (Wildman–Crippen MR) is 153 cm³/mol. The smallest absolute Gasteiger partial charge is 0.250 e. The number of anilines is 1. The van der Waals surface area contributed by atoms with E-state index in [0.717, 1.165) is 16.7 Å². The molecule has 1 N–H and O–H groups in total. The Hall–Kier alpha value is -4.35. The number of para-hydroxylation sites is 2. The third-order valence-electron chi connectivity index (χ3n) is 8.84. The highest BCUT2D eigenvalue weighted by molar-refractivity contribution is 6.03. The van der Waals surface area contributed by atoms with Gasteiger partial charge < -0.3 is 24.5 Å². The quantitative estimate of drug-likeness (QED) is 0.341. The van der Waals surface area contributed by atoms with Crippen molar-refractivity contribution in [1.29, 1.82) is 0 Å². The summed E-state index contributed by atoms with van der Waals surface area (Å²) >= 11 is 0. The van der Waals surface area contributed by atoms with Crippen molar-refractivity contribution in [3.05, 3.63) is 78.9 Å². The number of benzene rings is 2. The van der Waals surface area contributed by atoms with Crippen molar-refractivity contribution < 1.29 is 24.2 Å². The summed E-state index contributed by atoms with van der Waals surface area (Å²) in [5.74, 6) is -2.39. The molecular weight excluding hydrogens is 536 g/mol. The summed E-state index contributed by atoms with van der Waals surface area (Å²) in [6.45, 7) is 1.06. The molecule has 1 aromatic heterocycles. The van der Waals surface area contributed by atoms with Crippen LogP contribution in [0.4, 0.5) is 5.69 Å². The van der Waals surface area contributed by atoms with E-state index in [-0.39, 0.29) is 44.1 Å². The first-order valence-corrected chi connectivity index (χ1v) is 14.4. The van der Waals surface area contributed by atoms with Gasteiger partial charge in [0.15, 0.2) is 0 Å². The van der Waals surface area contributed by atoms with E-state index in [2.05, 4.69) is 10.3 Å². The second-order valence-corrected chi connectivity index (χ2v) is 11.2. The van der Waals surface area contributed by atoms with Crippen molar-refractivity contribution in [3.8, 4) is 0 Å². The molecule has 5 heterocycles. The van der Waals surface area contributed by atoms with Crippen LogP contribution in [0.25, 0.3) is 11.0 Å². The third-order valence-corrected chi connectivity index (χ3v) is 8.84. The van der Waals surface area contributed by atoms with Crippen LogP contribution in [0.15, 0.2) is 78.9 Å². The molecular formula is C31H32N6O5. The maximum atomic E-state index is 14.4. The fourth-order valence-corrected chi connectivity index (χ4v) is 6.97. The van der Waals surface area contributed by atoms with Crippen molar-refractivity contribution in [2.75, 3.05) is 31.1 Å². The van der Waals surface area contributed by atoms with E-state index >= 15 is 0 Å². The molecule has 0 radical (unpaired) electrons. The number of hydrogen-bond donors (Lipinski definition) is 1. The molecule has 42 heavy (non-hydrogen) atoms. The number of unbranched alkanes of at least 4 members (excludes halogenated alkanes) is 1. The maximum Gasteiger partial charge on any atom is 0.250 e. The summed E-state index contributed by atoms with van der Waals surface area (Å²) in [5.41, 5.74) is 0.960. The number of fused-ring (bicyclic) bond motifs is 3. The van der Waals surface area contributed by atoms with Crippen LogP contribution in [0.3, 0.4) is 0 Å². The van der Waals surface area contributed by atoms with Gasteiger partial charge in [-0.05, 0) is 37.1 Å². The van der Waals surface area contributed by atoms with Crippen molar-refractivity contribution in [2.24, 2.45) is 11.8 Å². The maximum absolute atomic E-state index is 14.4. The first kappa shape index (κ1) is 26.5. The third kappa shape index (κ3) is 4.06. The zero-order valence-corrected chi connectivity index (χ0v) is 23.0. The molecule has 11 nitrogen and oxygen atoms in total. The number of nitrogens with zero attached hydrogens (tertiary/aromatic N) is 6. The number of carbonyl (C=O) groups is 3. The Morgan fingerprint density at radius 1 is 0.929 bits per heavy atom. The topological polar surface area (TPSA) is 121 Å². The largest absolute Gasteiger partial charge is 0.396 e. The van der Waals surface area contributed by atoms with Crippen LogP contribution in [0, 0.1) is 11.8 Å².